The highest BCUT2D eigenvalue weighted by Crippen LogP contribution is 2.17. The van der Waals surface area contributed by atoms with E-state index in [4.69, 9.17) is 10.5 Å². The largest absolute Gasteiger partial charge is 0.379 e. The van der Waals surface area contributed by atoms with E-state index in [0.29, 0.717) is 24.0 Å². The van der Waals surface area contributed by atoms with E-state index in [1.54, 1.807) is 0 Å². The van der Waals surface area contributed by atoms with Gasteiger partial charge in [-0.3, -0.25) is 9.89 Å². The molecule has 1 saturated carbocycles. The molecule has 2 aliphatic rings. The minimum absolute atomic E-state index is 0.459. The van der Waals surface area contributed by atoms with Gasteiger partial charge < -0.3 is 15.8 Å². The average molecular weight is 296 g/mol. The first-order valence-electron chi connectivity index (χ1n) is 8.55. The maximum atomic E-state index is 6.08. The van der Waals surface area contributed by atoms with Crippen molar-refractivity contribution in [1.29, 1.82) is 0 Å². The molecular formula is C16H32N4O. The molecule has 1 atom stereocenters. The van der Waals surface area contributed by atoms with Gasteiger partial charge in [0.2, 0.25) is 0 Å². The highest BCUT2D eigenvalue weighted by Gasteiger charge is 2.23. The fourth-order valence-electron chi connectivity index (χ4n) is 3.35. The van der Waals surface area contributed by atoms with Gasteiger partial charge in [-0.15, -0.1) is 0 Å². The van der Waals surface area contributed by atoms with E-state index in [1.807, 2.05) is 0 Å². The van der Waals surface area contributed by atoms with Gasteiger partial charge in [-0.2, -0.15) is 0 Å². The molecule has 0 aromatic carbocycles. The van der Waals surface area contributed by atoms with Crippen molar-refractivity contribution in [3.8, 4) is 0 Å². The number of hydrogen-bond acceptors (Lipinski definition) is 3. The molecule has 2 fully saturated rings. The summed E-state index contributed by atoms with van der Waals surface area (Å²) in [6.07, 6.45) is 6.45. The number of aliphatic imine (C=N–C) groups is 1. The van der Waals surface area contributed by atoms with E-state index in [-0.39, 0.29) is 0 Å². The first kappa shape index (κ1) is 16.6. The van der Waals surface area contributed by atoms with E-state index in [1.165, 1.54) is 32.1 Å². The Kier molecular flexibility index (Phi) is 6.77. The van der Waals surface area contributed by atoms with Gasteiger partial charge in [-0.1, -0.05) is 33.1 Å². The number of nitrogens with two attached hydrogens (primary N) is 1. The predicted molar refractivity (Wildman–Crippen MR) is 87.5 cm³/mol. The first-order valence-corrected chi connectivity index (χ1v) is 8.55. The molecular weight excluding hydrogens is 264 g/mol. The van der Waals surface area contributed by atoms with Gasteiger partial charge in [-0.25, -0.2) is 0 Å². The highest BCUT2D eigenvalue weighted by atomic mass is 16.5. The second kappa shape index (κ2) is 8.59. The van der Waals surface area contributed by atoms with Gasteiger partial charge in [-0.05, 0) is 18.8 Å². The van der Waals surface area contributed by atoms with E-state index in [0.717, 1.165) is 32.8 Å². The maximum absolute atomic E-state index is 6.08. The Balaban J connectivity index is 1.82. The van der Waals surface area contributed by atoms with Crippen molar-refractivity contribution in [2.75, 3.05) is 32.8 Å². The van der Waals surface area contributed by atoms with Gasteiger partial charge in [0.25, 0.3) is 0 Å². The van der Waals surface area contributed by atoms with Crippen LogP contribution in [0, 0.1) is 5.92 Å². The van der Waals surface area contributed by atoms with Gasteiger partial charge >= 0.3 is 0 Å². The minimum atomic E-state index is 0.459. The lowest BCUT2D eigenvalue weighted by Crippen LogP contribution is -2.48. The summed E-state index contributed by atoms with van der Waals surface area (Å²) in [7, 11) is 0. The van der Waals surface area contributed by atoms with Crippen LogP contribution in [0.5, 0.6) is 0 Å². The Bertz CT molecular complexity index is 320. The molecule has 0 aromatic heterocycles. The number of nitrogens with zero attached hydrogens (tertiary/aromatic N) is 2. The zero-order valence-corrected chi connectivity index (χ0v) is 13.7. The molecule has 1 saturated heterocycles. The summed E-state index contributed by atoms with van der Waals surface area (Å²) in [6.45, 7) is 9.00. The molecule has 0 aromatic rings. The van der Waals surface area contributed by atoms with Crippen molar-refractivity contribution >= 4 is 5.96 Å². The lowest BCUT2D eigenvalue weighted by atomic mass is 9.96. The van der Waals surface area contributed by atoms with Gasteiger partial charge in [0, 0.05) is 25.2 Å². The summed E-state index contributed by atoms with van der Waals surface area (Å²) in [6, 6.07) is 0.990. The number of nitrogens with one attached hydrogen (secondary N) is 1. The third-order valence-electron chi connectivity index (χ3n) is 4.69. The standard InChI is InChI=1S/C16H32N4O/c1-13(2)15(20-8-10-21-11-9-20)12-18-16(17)19-14-6-4-3-5-7-14/h13-15H,3-12H2,1-2H3,(H3,17,18,19). The number of guanidine groups is 1. The van der Waals surface area contributed by atoms with E-state index < -0.39 is 0 Å². The lowest BCUT2D eigenvalue weighted by molar-refractivity contribution is 0.00868. The van der Waals surface area contributed by atoms with Crippen molar-refractivity contribution in [3.05, 3.63) is 0 Å². The molecule has 2 rings (SSSR count). The predicted octanol–water partition coefficient (Wildman–Crippen LogP) is 1.58. The summed E-state index contributed by atoms with van der Waals surface area (Å²) in [4.78, 5) is 7.11. The molecule has 5 nitrogen and oxygen atoms in total. The summed E-state index contributed by atoms with van der Waals surface area (Å²) in [5, 5.41) is 3.40. The van der Waals surface area contributed by atoms with Crippen LogP contribution >= 0.6 is 0 Å². The summed E-state index contributed by atoms with van der Waals surface area (Å²) in [5.74, 6) is 1.20. The molecule has 122 valence electrons. The molecule has 3 N–H and O–H groups in total. The first-order chi connectivity index (χ1) is 10.2. The highest BCUT2D eigenvalue weighted by molar-refractivity contribution is 5.78. The van der Waals surface area contributed by atoms with Crippen molar-refractivity contribution in [2.24, 2.45) is 16.6 Å². The molecule has 1 unspecified atom stereocenters. The summed E-state index contributed by atoms with van der Waals surface area (Å²) < 4.78 is 5.44. The maximum Gasteiger partial charge on any atom is 0.188 e. The Morgan fingerprint density at radius 1 is 1.24 bits per heavy atom. The number of ether oxygens (including phenoxy) is 1. The molecule has 1 aliphatic carbocycles. The topological polar surface area (TPSA) is 62.9 Å². The van der Waals surface area contributed by atoms with Crippen molar-refractivity contribution in [3.63, 3.8) is 0 Å². The van der Waals surface area contributed by atoms with Crippen LogP contribution in [0.2, 0.25) is 0 Å². The Morgan fingerprint density at radius 3 is 2.52 bits per heavy atom. The molecule has 21 heavy (non-hydrogen) atoms. The fraction of sp³-hybridized carbons (Fsp3) is 0.938. The molecule has 5 heteroatoms. The summed E-state index contributed by atoms with van der Waals surface area (Å²) >= 11 is 0. The van der Waals surface area contributed by atoms with Crippen molar-refractivity contribution < 1.29 is 4.74 Å². The van der Waals surface area contributed by atoms with Crippen LogP contribution in [0.3, 0.4) is 0 Å². The van der Waals surface area contributed by atoms with Gasteiger partial charge in [0.15, 0.2) is 5.96 Å². The Hall–Kier alpha value is -0.810. The second-order valence-corrected chi connectivity index (χ2v) is 6.66. The second-order valence-electron chi connectivity index (χ2n) is 6.66. The van der Waals surface area contributed by atoms with Crippen LogP contribution in [0.1, 0.15) is 46.0 Å². The smallest absolute Gasteiger partial charge is 0.188 e. The molecule has 0 bridgehead atoms. The SMILES string of the molecule is CC(C)C(CN=C(N)NC1CCCCC1)N1CCOCC1. The number of morpholine rings is 1. The van der Waals surface area contributed by atoms with Crippen LogP contribution < -0.4 is 11.1 Å². The lowest BCUT2D eigenvalue weighted by Gasteiger charge is -2.36. The quantitative estimate of drug-likeness (QED) is 0.597. The van der Waals surface area contributed by atoms with Gasteiger partial charge in [0.05, 0.1) is 19.8 Å². The van der Waals surface area contributed by atoms with Crippen molar-refractivity contribution in [1.82, 2.24) is 10.2 Å². The van der Waals surface area contributed by atoms with Crippen LogP contribution in [-0.2, 0) is 4.74 Å². The molecule has 0 spiro atoms. The van der Waals surface area contributed by atoms with Crippen LogP contribution in [0.4, 0.5) is 0 Å². The van der Waals surface area contributed by atoms with E-state index in [2.05, 4.69) is 29.1 Å². The molecule has 0 radical (unpaired) electrons. The third kappa shape index (κ3) is 5.47. The minimum Gasteiger partial charge on any atom is -0.379 e. The zero-order chi connectivity index (χ0) is 15.1. The zero-order valence-electron chi connectivity index (χ0n) is 13.7. The number of hydrogen-bond donors (Lipinski definition) is 2. The fourth-order valence-corrected chi connectivity index (χ4v) is 3.35. The molecule has 0 amide bonds. The van der Waals surface area contributed by atoms with Crippen LogP contribution in [0.25, 0.3) is 0 Å². The number of rotatable bonds is 5. The van der Waals surface area contributed by atoms with Crippen molar-refractivity contribution in [2.45, 2.75) is 58.0 Å². The van der Waals surface area contributed by atoms with Crippen LogP contribution in [0.15, 0.2) is 4.99 Å². The summed E-state index contributed by atoms with van der Waals surface area (Å²) in [5.41, 5.74) is 6.08. The third-order valence-corrected chi connectivity index (χ3v) is 4.69. The Morgan fingerprint density at radius 2 is 1.90 bits per heavy atom. The van der Waals surface area contributed by atoms with Crippen LogP contribution in [-0.4, -0.2) is 55.8 Å². The van der Waals surface area contributed by atoms with Gasteiger partial charge in [0.1, 0.15) is 0 Å². The Labute approximate surface area is 129 Å². The molecule has 1 heterocycles. The molecule has 1 aliphatic heterocycles. The normalized spacial score (nSPS) is 24.2. The monoisotopic (exact) mass is 296 g/mol. The average Bonchev–Trinajstić information content (AvgIpc) is 2.49. The van der Waals surface area contributed by atoms with E-state index >= 15 is 0 Å². The van der Waals surface area contributed by atoms with E-state index in [9.17, 15) is 0 Å².